The molecule has 1 fully saturated rings. The Morgan fingerprint density at radius 1 is 1.18 bits per heavy atom. The number of carbonyl (C=O) groups is 2. The Morgan fingerprint density at radius 2 is 1.86 bits per heavy atom. The number of hydrogen-bond acceptors (Lipinski definition) is 3. The molecule has 7 heteroatoms. The number of piperidine rings is 1. The number of carbonyl (C=O) groups excluding carboxylic acids is 1. The van der Waals surface area contributed by atoms with Gasteiger partial charge in [0, 0.05) is 19.5 Å². The van der Waals surface area contributed by atoms with E-state index in [1.165, 1.54) is 0 Å². The van der Waals surface area contributed by atoms with Crippen LogP contribution in [0.15, 0.2) is 18.2 Å². The molecular weight excluding hydrogens is 329 g/mol. The summed E-state index contributed by atoms with van der Waals surface area (Å²) < 4.78 is 5.14. The standard InChI is InChI=1S/C15H17Cl2NO4/c16-11-5-4-10(8-12(11)17)9-13(14(19)20)22-15(21)18-6-2-1-3-7-18/h4-5,8,13H,1-3,6-7,9H2,(H,19,20)/t13-/m1/s1. The van der Waals surface area contributed by atoms with Gasteiger partial charge < -0.3 is 14.7 Å². The maximum absolute atomic E-state index is 12.0. The summed E-state index contributed by atoms with van der Waals surface area (Å²) in [7, 11) is 0. The first-order valence-corrected chi connectivity index (χ1v) is 7.85. The van der Waals surface area contributed by atoms with Crippen molar-refractivity contribution < 1.29 is 19.4 Å². The van der Waals surface area contributed by atoms with Gasteiger partial charge in [-0.2, -0.15) is 0 Å². The van der Waals surface area contributed by atoms with Crippen LogP contribution in [0, 0.1) is 0 Å². The highest BCUT2D eigenvalue weighted by Gasteiger charge is 2.26. The average Bonchev–Trinajstić information content (AvgIpc) is 2.51. The molecule has 1 amide bonds. The second kappa shape index (κ2) is 7.70. The molecule has 1 N–H and O–H groups in total. The molecule has 120 valence electrons. The van der Waals surface area contributed by atoms with E-state index in [0.717, 1.165) is 19.3 Å². The van der Waals surface area contributed by atoms with Gasteiger partial charge in [-0.15, -0.1) is 0 Å². The van der Waals surface area contributed by atoms with Crippen LogP contribution in [-0.4, -0.2) is 41.3 Å². The third-order valence-corrected chi connectivity index (χ3v) is 4.28. The lowest BCUT2D eigenvalue weighted by atomic mass is 10.1. The van der Waals surface area contributed by atoms with Crippen LogP contribution in [0.25, 0.3) is 0 Å². The predicted octanol–water partition coefficient (Wildman–Crippen LogP) is 3.61. The number of nitrogens with zero attached hydrogens (tertiary/aromatic N) is 1. The third kappa shape index (κ3) is 4.52. The van der Waals surface area contributed by atoms with Crippen LogP contribution in [0.3, 0.4) is 0 Å². The van der Waals surface area contributed by atoms with E-state index in [1.54, 1.807) is 23.1 Å². The van der Waals surface area contributed by atoms with Crippen molar-refractivity contribution in [1.29, 1.82) is 0 Å². The van der Waals surface area contributed by atoms with Gasteiger partial charge in [0.05, 0.1) is 10.0 Å². The molecular formula is C15H17Cl2NO4. The molecule has 1 saturated heterocycles. The Labute approximate surface area is 138 Å². The van der Waals surface area contributed by atoms with Gasteiger partial charge >= 0.3 is 12.1 Å². The van der Waals surface area contributed by atoms with Crippen molar-refractivity contribution in [3.63, 3.8) is 0 Å². The number of ether oxygens (including phenoxy) is 1. The van der Waals surface area contributed by atoms with Crippen LogP contribution in [0.1, 0.15) is 24.8 Å². The van der Waals surface area contributed by atoms with E-state index in [1.807, 2.05) is 0 Å². The van der Waals surface area contributed by atoms with Crippen LogP contribution in [-0.2, 0) is 16.0 Å². The van der Waals surface area contributed by atoms with Gasteiger partial charge in [-0.3, -0.25) is 0 Å². The Balaban J connectivity index is 2.01. The van der Waals surface area contributed by atoms with E-state index >= 15 is 0 Å². The van der Waals surface area contributed by atoms with Crippen LogP contribution >= 0.6 is 23.2 Å². The van der Waals surface area contributed by atoms with Crippen LogP contribution < -0.4 is 0 Å². The molecule has 1 aromatic rings. The van der Waals surface area contributed by atoms with Crippen LogP contribution in [0.2, 0.25) is 10.0 Å². The second-order valence-electron chi connectivity index (χ2n) is 5.21. The molecule has 1 aliphatic rings. The van der Waals surface area contributed by atoms with E-state index in [-0.39, 0.29) is 6.42 Å². The molecule has 0 unspecified atom stereocenters. The molecule has 5 nitrogen and oxygen atoms in total. The molecule has 0 aliphatic carbocycles. The van der Waals surface area contributed by atoms with Crippen molar-refractivity contribution in [1.82, 2.24) is 4.90 Å². The normalized spacial score (nSPS) is 16.2. The molecule has 1 aromatic carbocycles. The molecule has 1 atom stereocenters. The quantitative estimate of drug-likeness (QED) is 0.904. The third-order valence-electron chi connectivity index (χ3n) is 3.54. The van der Waals surface area contributed by atoms with Crippen LogP contribution in [0.4, 0.5) is 4.79 Å². The monoisotopic (exact) mass is 345 g/mol. The van der Waals surface area contributed by atoms with Crippen LogP contribution in [0.5, 0.6) is 0 Å². The highest BCUT2D eigenvalue weighted by molar-refractivity contribution is 6.42. The highest BCUT2D eigenvalue weighted by atomic mass is 35.5. The summed E-state index contributed by atoms with van der Waals surface area (Å²) in [6, 6.07) is 4.83. The zero-order valence-corrected chi connectivity index (χ0v) is 13.4. The van der Waals surface area contributed by atoms with Gasteiger partial charge in [-0.1, -0.05) is 29.3 Å². The number of likely N-dealkylation sites (tertiary alicyclic amines) is 1. The van der Waals surface area contributed by atoms with Crippen molar-refractivity contribution in [2.45, 2.75) is 31.8 Å². The first-order chi connectivity index (χ1) is 10.5. The van der Waals surface area contributed by atoms with Gasteiger partial charge in [-0.05, 0) is 37.0 Å². The second-order valence-corrected chi connectivity index (χ2v) is 6.03. The predicted molar refractivity (Wildman–Crippen MR) is 83.5 cm³/mol. The fraction of sp³-hybridized carbons (Fsp3) is 0.467. The molecule has 1 heterocycles. The Kier molecular flexibility index (Phi) is 5.91. The molecule has 0 bridgehead atoms. The lowest BCUT2D eigenvalue weighted by molar-refractivity contribution is -0.147. The molecule has 0 radical (unpaired) electrons. The van der Waals surface area contributed by atoms with E-state index in [9.17, 15) is 14.7 Å². The fourth-order valence-corrected chi connectivity index (χ4v) is 2.65. The van der Waals surface area contributed by atoms with Crippen molar-refractivity contribution >= 4 is 35.3 Å². The van der Waals surface area contributed by atoms with Gasteiger partial charge in [0.25, 0.3) is 0 Å². The number of hydrogen-bond donors (Lipinski definition) is 1. The Hall–Kier alpha value is -1.46. The number of halogens is 2. The number of benzene rings is 1. The Bertz CT molecular complexity index is 558. The minimum Gasteiger partial charge on any atom is -0.478 e. The maximum Gasteiger partial charge on any atom is 0.410 e. The molecule has 0 aromatic heterocycles. The van der Waals surface area contributed by atoms with E-state index in [4.69, 9.17) is 27.9 Å². The molecule has 0 saturated carbocycles. The van der Waals surface area contributed by atoms with E-state index < -0.39 is 18.2 Å². The van der Waals surface area contributed by atoms with Crippen molar-refractivity contribution in [3.8, 4) is 0 Å². The van der Waals surface area contributed by atoms with Crippen molar-refractivity contribution in [2.24, 2.45) is 0 Å². The summed E-state index contributed by atoms with van der Waals surface area (Å²) in [5.74, 6) is -1.18. The van der Waals surface area contributed by atoms with Gasteiger partial charge in [0.15, 0.2) is 0 Å². The summed E-state index contributed by atoms with van der Waals surface area (Å²) in [4.78, 5) is 24.9. The summed E-state index contributed by atoms with van der Waals surface area (Å²) in [5.41, 5.74) is 0.647. The van der Waals surface area contributed by atoms with Gasteiger partial charge in [0.1, 0.15) is 0 Å². The lowest BCUT2D eigenvalue weighted by Gasteiger charge is -2.27. The zero-order valence-electron chi connectivity index (χ0n) is 11.9. The molecule has 0 spiro atoms. The molecule has 1 aliphatic heterocycles. The zero-order chi connectivity index (χ0) is 16.1. The molecule has 2 rings (SSSR count). The summed E-state index contributed by atoms with van der Waals surface area (Å²) >= 11 is 11.7. The largest absolute Gasteiger partial charge is 0.478 e. The highest BCUT2D eigenvalue weighted by Crippen LogP contribution is 2.23. The summed E-state index contributed by atoms with van der Waals surface area (Å²) in [6.07, 6.45) is 1.14. The number of aliphatic carboxylic acids is 1. The maximum atomic E-state index is 12.0. The van der Waals surface area contributed by atoms with Gasteiger partial charge in [-0.25, -0.2) is 9.59 Å². The number of amides is 1. The minimum atomic E-state index is -1.24. The minimum absolute atomic E-state index is 0.0474. The smallest absolute Gasteiger partial charge is 0.410 e. The Morgan fingerprint density at radius 3 is 2.45 bits per heavy atom. The fourth-order valence-electron chi connectivity index (χ4n) is 2.33. The van der Waals surface area contributed by atoms with E-state index in [2.05, 4.69) is 0 Å². The first kappa shape index (κ1) is 16.9. The first-order valence-electron chi connectivity index (χ1n) is 7.09. The number of carboxylic acid groups (broad SMARTS) is 1. The topological polar surface area (TPSA) is 66.8 Å². The SMILES string of the molecule is O=C(O)[C@@H](Cc1ccc(Cl)c(Cl)c1)OC(=O)N1CCCCC1. The lowest BCUT2D eigenvalue weighted by Crippen LogP contribution is -2.40. The number of rotatable bonds is 4. The average molecular weight is 346 g/mol. The van der Waals surface area contributed by atoms with Crippen molar-refractivity contribution in [3.05, 3.63) is 33.8 Å². The molecule has 22 heavy (non-hydrogen) atoms. The van der Waals surface area contributed by atoms with E-state index in [0.29, 0.717) is 28.7 Å². The van der Waals surface area contributed by atoms with Gasteiger partial charge in [0.2, 0.25) is 6.10 Å². The summed E-state index contributed by atoms with van der Waals surface area (Å²) in [5, 5.41) is 9.98. The summed E-state index contributed by atoms with van der Waals surface area (Å²) in [6.45, 7) is 1.22. The van der Waals surface area contributed by atoms with Crippen molar-refractivity contribution in [2.75, 3.05) is 13.1 Å². The number of carboxylic acids is 1.